The molecule has 0 heterocycles. The van der Waals surface area contributed by atoms with E-state index < -0.39 is 0 Å². The second kappa shape index (κ2) is 4.93. The summed E-state index contributed by atoms with van der Waals surface area (Å²) in [4.78, 5) is 0. The molecule has 0 saturated heterocycles. The van der Waals surface area contributed by atoms with Crippen molar-refractivity contribution in [2.75, 3.05) is 0 Å². The lowest BCUT2D eigenvalue weighted by Gasteiger charge is -2.20. The van der Waals surface area contributed by atoms with Crippen molar-refractivity contribution in [3.63, 3.8) is 0 Å². The fourth-order valence-corrected chi connectivity index (χ4v) is 2.16. The zero-order valence-corrected chi connectivity index (χ0v) is 11.2. The summed E-state index contributed by atoms with van der Waals surface area (Å²) in [6.07, 6.45) is 1.01. The Kier molecular flexibility index (Phi) is 3.51. The van der Waals surface area contributed by atoms with E-state index in [9.17, 15) is 4.39 Å². The summed E-state index contributed by atoms with van der Waals surface area (Å²) in [7, 11) is 0. The van der Waals surface area contributed by atoms with E-state index in [0.717, 1.165) is 12.0 Å². The molecule has 0 aliphatic rings. The number of rotatable bonds is 2. The molecule has 0 N–H and O–H groups in total. The highest BCUT2D eigenvalue weighted by Crippen LogP contribution is 2.29. The molecule has 0 saturated carbocycles. The van der Waals surface area contributed by atoms with Gasteiger partial charge in [0.2, 0.25) is 0 Å². The lowest BCUT2D eigenvalue weighted by atomic mass is 9.85. The summed E-state index contributed by atoms with van der Waals surface area (Å²) in [5.74, 6) is -0.188. The molecule has 0 fully saturated rings. The second-order valence-corrected chi connectivity index (χ2v) is 5.90. The van der Waals surface area contributed by atoms with Gasteiger partial charge in [-0.05, 0) is 40.7 Å². The monoisotopic (exact) mass is 242 g/mol. The minimum absolute atomic E-state index is 0.188. The first kappa shape index (κ1) is 12.8. The maximum absolute atomic E-state index is 13.0. The van der Waals surface area contributed by atoms with E-state index in [1.807, 2.05) is 18.2 Å². The zero-order chi connectivity index (χ0) is 13.2. The first-order valence-electron chi connectivity index (χ1n) is 6.29. The molecule has 1 heteroatoms. The van der Waals surface area contributed by atoms with Crippen LogP contribution in [0.1, 0.15) is 26.3 Å². The molecule has 0 bridgehead atoms. The fraction of sp³-hybridized carbons (Fsp3) is 0.294. The van der Waals surface area contributed by atoms with Gasteiger partial charge < -0.3 is 0 Å². The molecule has 0 radical (unpaired) electrons. The summed E-state index contributed by atoms with van der Waals surface area (Å²) in [5, 5.41) is 0. The number of hydrogen-bond donors (Lipinski definition) is 0. The van der Waals surface area contributed by atoms with Crippen molar-refractivity contribution >= 4 is 0 Å². The van der Waals surface area contributed by atoms with Gasteiger partial charge in [0.05, 0.1) is 0 Å². The van der Waals surface area contributed by atoms with E-state index in [1.165, 1.54) is 23.3 Å². The van der Waals surface area contributed by atoms with Crippen LogP contribution < -0.4 is 0 Å². The molecule has 2 aromatic carbocycles. The van der Waals surface area contributed by atoms with Crippen LogP contribution in [0.25, 0.3) is 11.1 Å². The van der Waals surface area contributed by atoms with Crippen LogP contribution >= 0.6 is 0 Å². The van der Waals surface area contributed by atoms with Gasteiger partial charge in [-0.1, -0.05) is 57.2 Å². The molecule has 18 heavy (non-hydrogen) atoms. The molecule has 0 nitrogen and oxygen atoms in total. The Morgan fingerprint density at radius 3 is 2.11 bits per heavy atom. The van der Waals surface area contributed by atoms with E-state index in [-0.39, 0.29) is 11.2 Å². The molecule has 0 atom stereocenters. The molecule has 94 valence electrons. The quantitative estimate of drug-likeness (QED) is 0.688. The summed E-state index contributed by atoms with van der Waals surface area (Å²) in [6.45, 7) is 6.69. The van der Waals surface area contributed by atoms with Gasteiger partial charge in [0.25, 0.3) is 0 Å². The predicted octanol–water partition coefficient (Wildman–Crippen LogP) is 5.08. The van der Waals surface area contributed by atoms with Crippen LogP contribution in [-0.2, 0) is 6.42 Å². The van der Waals surface area contributed by atoms with Gasteiger partial charge in [0, 0.05) is 0 Å². The summed E-state index contributed by atoms with van der Waals surface area (Å²) in [5.41, 5.74) is 3.84. The van der Waals surface area contributed by atoms with Crippen molar-refractivity contribution in [3.8, 4) is 11.1 Å². The Hall–Kier alpha value is -1.63. The van der Waals surface area contributed by atoms with Crippen molar-refractivity contribution in [1.82, 2.24) is 0 Å². The molecule has 0 spiro atoms. The minimum atomic E-state index is -0.188. The Morgan fingerprint density at radius 2 is 1.50 bits per heavy atom. The first-order valence-corrected chi connectivity index (χ1v) is 6.29. The van der Waals surface area contributed by atoms with Crippen molar-refractivity contribution in [2.24, 2.45) is 5.41 Å². The molecule has 2 aromatic rings. The van der Waals surface area contributed by atoms with Crippen molar-refractivity contribution < 1.29 is 4.39 Å². The Labute approximate surface area is 108 Å². The van der Waals surface area contributed by atoms with Gasteiger partial charge in [-0.3, -0.25) is 0 Å². The SMILES string of the molecule is CC(C)(C)Cc1ccccc1-c1ccc(F)cc1. The third kappa shape index (κ3) is 3.19. The third-order valence-electron chi connectivity index (χ3n) is 2.89. The summed E-state index contributed by atoms with van der Waals surface area (Å²) < 4.78 is 13.0. The molecule has 0 aliphatic heterocycles. The van der Waals surface area contributed by atoms with Crippen molar-refractivity contribution in [3.05, 3.63) is 59.9 Å². The second-order valence-electron chi connectivity index (χ2n) is 5.90. The smallest absolute Gasteiger partial charge is 0.123 e. The van der Waals surface area contributed by atoms with Gasteiger partial charge in [0.1, 0.15) is 5.82 Å². The van der Waals surface area contributed by atoms with Crippen LogP contribution in [0.4, 0.5) is 4.39 Å². The number of benzene rings is 2. The van der Waals surface area contributed by atoms with Crippen LogP contribution in [0.3, 0.4) is 0 Å². The number of hydrogen-bond acceptors (Lipinski definition) is 0. The molecular formula is C17H19F. The highest BCUT2D eigenvalue weighted by molar-refractivity contribution is 5.67. The fourth-order valence-electron chi connectivity index (χ4n) is 2.16. The van der Waals surface area contributed by atoms with Gasteiger partial charge in [-0.25, -0.2) is 4.39 Å². The molecule has 0 unspecified atom stereocenters. The minimum Gasteiger partial charge on any atom is -0.207 e. The van der Waals surface area contributed by atoms with Gasteiger partial charge in [0.15, 0.2) is 0 Å². The third-order valence-corrected chi connectivity index (χ3v) is 2.89. The largest absolute Gasteiger partial charge is 0.207 e. The van der Waals surface area contributed by atoms with E-state index in [1.54, 1.807) is 0 Å². The lowest BCUT2D eigenvalue weighted by molar-refractivity contribution is 0.412. The zero-order valence-electron chi connectivity index (χ0n) is 11.2. The van der Waals surface area contributed by atoms with Gasteiger partial charge >= 0.3 is 0 Å². The van der Waals surface area contributed by atoms with E-state index >= 15 is 0 Å². The Bertz CT molecular complexity index is 518. The first-order chi connectivity index (χ1) is 8.46. The Morgan fingerprint density at radius 1 is 0.889 bits per heavy atom. The Balaban J connectivity index is 2.41. The standard InChI is InChI=1S/C17H19F/c1-17(2,3)12-14-6-4-5-7-16(14)13-8-10-15(18)11-9-13/h4-11H,12H2,1-3H3. The van der Waals surface area contributed by atoms with Gasteiger partial charge in [-0.2, -0.15) is 0 Å². The van der Waals surface area contributed by atoms with E-state index in [4.69, 9.17) is 0 Å². The van der Waals surface area contributed by atoms with Gasteiger partial charge in [-0.15, -0.1) is 0 Å². The van der Waals surface area contributed by atoms with Crippen molar-refractivity contribution in [2.45, 2.75) is 27.2 Å². The van der Waals surface area contributed by atoms with Crippen LogP contribution in [0.2, 0.25) is 0 Å². The van der Waals surface area contributed by atoms with Crippen molar-refractivity contribution in [1.29, 1.82) is 0 Å². The molecule has 0 aromatic heterocycles. The molecule has 2 rings (SSSR count). The maximum Gasteiger partial charge on any atom is 0.123 e. The molecule has 0 aliphatic carbocycles. The average molecular weight is 242 g/mol. The number of halogens is 1. The maximum atomic E-state index is 13.0. The van der Waals surface area contributed by atoms with Crippen LogP contribution in [0.15, 0.2) is 48.5 Å². The highest BCUT2D eigenvalue weighted by Gasteiger charge is 2.14. The van der Waals surface area contributed by atoms with E-state index in [0.29, 0.717) is 0 Å². The molecular weight excluding hydrogens is 223 g/mol. The van der Waals surface area contributed by atoms with E-state index in [2.05, 4.69) is 39.0 Å². The summed E-state index contributed by atoms with van der Waals surface area (Å²) >= 11 is 0. The average Bonchev–Trinajstić information content (AvgIpc) is 2.29. The molecule has 0 amide bonds. The van der Waals surface area contributed by atoms with Crippen LogP contribution in [0, 0.1) is 11.2 Å². The lowest BCUT2D eigenvalue weighted by Crippen LogP contribution is -2.09. The topological polar surface area (TPSA) is 0 Å². The van der Waals surface area contributed by atoms with Crippen LogP contribution in [-0.4, -0.2) is 0 Å². The summed E-state index contributed by atoms with van der Waals surface area (Å²) in [6, 6.07) is 15.1. The predicted molar refractivity (Wildman–Crippen MR) is 75.0 cm³/mol. The van der Waals surface area contributed by atoms with Crippen LogP contribution in [0.5, 0.6) is 0 Å². The highest BCUT2D eigenvalue weighted by atomic mass is 19.1. The normalized spacial score (nSPS) is 11.6.